The molecule has 1 aromatic rings. The Bertz CT molecular complexity index is 334. The van der Waals surface area contributed by atoms with Crippen LogP contribution < -0.4 is 10.1 Å². The number of carbonyl (C=O) groups is 1. The predicted octanol–water partition coefficient (Wildman–Crippen LogP) is 2.22. The second-order valence-electron chi connectivity index (χ2n) is 3.07. The Balaban J connectivity index is 2.98. The van der Waals surface area contributed by atoms with Crippen molar-refractivity contribution >= 4 is 11.6 Å². The van der Waals surface area contributed by atoms with Crippen LogP contribution in [0.15, 0.2) is 18.2 Å². The Morgan fingerprint density at radius 1 is 1.50 bits per heavy atom. The lowest BCUT2D eigenvalue weighted by atomic mass is 10.1. The number of hydrogen-bond acceptors (Lipinski definition) is 2. The van der Waals surface area contributed by atoms with Crippen molar-refractivity contribution in [1.82, 2.24) is 0 Å². The first-order chi connectivity index (χ1) is 6.67. The molecule has 0 bridgehead atoms. The first-order valence-electron chi connectivity index (χ1n) is 4.62. The van der Waals surface area contributed by atoms with Gasteiger partial charge in [-0.05, 0) is 24.1 Å². The van der Waals surface area contributed by atoms with Crippen LogP contribution in [0.4, 0.5) is 5.69 Å². The number of amides is 1. The molecule has 0 spiro atoms. The van der Waals surface area contributed by atoms with Gasteiger partial charge in [-0.3, -0.25) is 4.79 Å². The first kappa shape index (κ1) is 10.6. The molecule has 14 heavy (non-hydrogen) atoms. The molecule has 0 aliphatic carbocycles. The molecule has 1 rings (SSSR count). The van der Waals surface area contributed by atoms with Crippen LogP contribution in [0.2, 0.25) is 0 Å². The fraction of sp³-hybridized carbons (Fsp3) is 0.364. The molecule has 0 radical (unpaired) electrons. The highest BCUT2D eigenvalue weighted by molar-refractivity contribution is 5.90. The van der Waals surface area contributed by atoms with Crippen LogP contribution in [0.5, 0.6) is 5.75 Å². The molecule has 0 saturated heterocycles. The van der Waals surface area contributed by atoms with Gasteiger partial charge in [0.25, 0.3) is 0 Å². The van der Waals surface area contributed by atoms with Crippen LogP contribution in [0.1, 0.15) is 19.4 Å². The van der Waals surface area contributed by atoms with Crippen LogP contribution in [-0.4, -0.2) is 13.0 Å². The van der Waals surface area contributed by atoms with E-state index in [9.17, 15) is 4.79 Å². The number of ether oxygens (including phenoxy) is 1. The molecule has 0 atom stereocenters. The summed E-state index contributed by atoms with van der Waals surface area (Å²) in [6, 6.07) is 5.78. The Morgan fingerprint density at radius 2 is 2.21 bits per heavy atom. The van der Waals surface area contributed by atoms with Gasteiger partial charge in [0.15, 0.2) is 0 Å². The van der Waals surface area contributed by atoms with E-state index in [-0.39, 0.29) is 5.91 Å². The summed E-state index contributed by atoms with van der Waals surface area (Å²) < 4.78 is 5.17. The van der Waals surface area contributed by atoms with Crippen LogP contribution >= 0.6 is 0 Å². The number of aryl methyl sites for hydroxylation is 1. The summed E-state index contributed by atoms with van der Waals surface area (Å²) in [7, 11) is 1.60. The lowest BCUT2D eigenvalue weighted by Gasteiger charge is -2.09. The summed E-state index contributed by atoms with van der Waals surface area (Å²) in [6.45, 7) is 3.56. The molecular weight excluding hydrogens is 178 g/mol. The zero-order valence-corrected chi connectivity index (χ0v) is 8.76. The largest absolute Gasteiger partial charge is 0.495 e. The fourth-order valence-electron chi connectivity index (χ4n) is 1.25. The Kier molecular flexibility index (Phi) is 3.51. The topological polar surface area (TPSA) is 38.3 Å². The maximum atomic E-state index is 10.9. The summed E-state index contributed by atoms with van der Waals surface area (Å²) in [5, 5.41) is 2.71. The molecule has 0 saturated carbocycles. The lowest BCUT2D eigenvalue weighted by molar-refractivity contribution is -0.114. The minimum absolute atomic E-state index is 0.0902. The molecule has 0 aliphatic heterocycles. The molecule has 1 N–H and O–H groups in total. The molecular formula is C11H15NO2. The monoisotopic (exact) mass is 193 g/mol. The first-order valence-corrected chi connectivity index (χ1v) is 4.62. The molecule has 0 fully saturated rings. The summed E-state index contributed by atoms with van der Waals surface area (Å²) >= 11 is 0. The second kappa shape index (κ2) is 4.65. The average molecular weight is 193 g/mol. The van der Waals surface area contributed by atoms with Gasteiger partial charge < -0.3 is 10.1 Å². The SMILES string of the molecule is CCc1ccc(NC(C)=O)c(OC)c1. The standard InChI is InChI=1S/C11H15NO2/c1-4-9-5-6-10(12-8(2)13)11(7-9)14-3/h5-7H,4H2,1-3H3,(H,12,13). The quantitative estimate of drug-likeness (QED) is 0.799. The predicted molar refractivity (Wildman–Crippen MR) is 56.7 cm³/mol. The third-order valence-electron chi connectivity index (χ3n) is 1.98. The van der Waals surface area contributed by atoms with E-state index in [1.54, 1.807) is 7.11 Å². The van der Waals surface area contributed by atoms with E-state index >= 15 is 0 Å². The van der Waals surface area contributed by atoms with Gasteiger partial charge in [0.05, 0.1) is 12.8 Å². The maximum Gasteiger partial charge on any atom is 0.221 e. The smallest absolute Gasteiger partial charge is 0.221 e. The van der Waals surface area contributed by atoms with Gasteiger partial charge in [0.1, 0.15) is 5.75 Å². The highest BCUT2D eigenvalue weighted by atomic mass is 16.5. The molecule has 0 aromatic heterocycles. The molecule has 0 heterocycles. The van der Waals surface area contributed by atoms with E-state index in [1.165, 1.54) is 12.5 Å². The van der Waals surface area contributed by atoms with Crippen molar-refractivity contribution in [2.24, 2.45) is 0 Å². The molecule has 3 heteroatoms. The number of benzene rings is 1. The maximum absolute atomic E-state index is 10.9. The molecule has 1 aromatic carbocycles. The van der Waals surface area contributed by atoms with Gasteiger partial charge in [0, 0.05) is 6.92 Å². The van der Waals surface area contributed by atoms with Crippen LogP contribution in [-0.2, 0) is 11.2 Å². The van der Waals surface area contributed by atoms with E-state index in [1.807, 2.05) is 18.2 Å². The number of rotatable bonds is 3. The van der Waals surface area contributed by atoms with E-state index < -0.39 is 0 Å². The zero-order valence-electron chi connectivity index (χ0n) is 8.76. The van der Waals surface area contributed by atoms with Crippen molar-refractivity contribution in [3.8, 4) is 5.75 Å². The van der Waals surface area contributed by atoms with Gasteiger partial charge in [-0.2, -0.15) is 0 Å². The van der Waals surface area contributed by atoms with Crippen molar-refractivity contribution < 1.29 is 9.53 Å². The number of hydrogen-bond donors (Lipinski definition) is 1. The number of nitrogens with one attached hydrogen (secondary N) is 1. The zero-order chi connectivity index (χ0) is 10.6. The molecule has 3 nitrogen and oxygen atoms in total. The summed E-state index contributed by atoms with van der Waals surface area (Å²) in [4.78, 5) is 10.9. The van der Waals surface area contributed by atoms with Crippen molar-refractivity contribution in [2.75, 3.05) is 12.4 Å². The fourth-order valence-corrected chi connectivity index (χ4v) is 1.25. The third-order valence-corrected chi connectivity index (χ3v) is 1.98. The second-order valence-corrected chi connectivity index (χ2v) is 3.07. The van der Waals surface area contributed by atoms with Crippen LogP contribution in [0.25, 0.3) is 0 Å². The highest BCUT2D eigenvalue weighted by Gasteiger charge is 2.04. The molecule has 0 unspecified atom stereocenters. The Labute approximate surface area is 84.1 Å². The van der Waals surface area contributed by atoms with Crippen molar-refractivity contribution in [3.05, 3.63) is 23.8 Å². The minimum Gasteiger partial charge on any atom is -0.495 e. The van der Waals surface area contributed by atoms with Gasteiger partial charge >= 0.3 is 0 Å². The molecule has 76 valence electrons. The van der Waals surface area contributed by atoms with E-state index in [0.717, 1.165) is 12.1 Å². The van der Waals surface area contributed by atoms with Crippen molar-refractivity contribution in [3.63, 3.8) is 0 Å². The van der Waals surface area contributed by atoms with E-state index in [0.29, 0.717) is 5.75 Å². The minimum atomic E-state index is -0.0902. The van der Waals surface area contributed by atoms with Gasteiger partial charge in [-0.25, -0.2) is 0 Å². The third kappa shape index (κ3) is 2.49. The molecule has 1 amide bonds. The summed E-state index contributed by atoms with van der Waals surface area (Å²) in [5.74, 6) is 0.618. The van der Waals surface area contributed by atoms with E-state index in [2.05, 4.69) is 12.2 Å². The number of anilines is 1. The summed E-state index contributed by atoms with van der Waals surface area (Å²) in [5.41, 5.74) is 1.91. The highest BCUT2D eigenvalue weighted by Crippen LogP contribution is 2.25. The lowest BCUT2D eigenvalue weighted by Crippen LogP contribution is -2.07. The summed E-state index contributed by atoms with van der Waals surface area (Å²) in [6.07, 6.45) is 0.955. The van der Waals surface area contributed by atoms with E-state index in [4.69, 9.17) is 4.74 Å². The van der Waals surface area contributed by atoms with Crippen molar-refractivity contribution in [2.45, 2.75) is 20.3 Å². The van der Waals surface area contributed by atoms with Crippen LogP contribution in [0.3, 0.4) is 0 Å². The van der Waals surface area contributed by atoms with Gasteiger partial charge in [-0.15, -0.1) is 0 Å². The normalized spacial score (nSPS) is 9.64. The Hall–Kier alpha value is -1.51. The number of methoxy groups -OCH3 is 1. The number of carbonyl (C=O) groups excluding carboxylic acids is 1. The average Bonchev–Trinajstić information content (AvgIpc) is 2.17. The van der Waals surface area contributed by atoms with Crippen LogP contribution in [0, 0.1) is 0 Å². The van der Waals surface area contributed by atoms with Crippen molar-refractivity contribution in [1.29, 1.82) is 0 Å². The van der Waals surface area contributed by atoms with Gasteiger partial charge in [0.2, 0.25) is 5.91 Å². The Morgan fingerprint density at radius 3 is 2.71 bits per heavy atom. The molecule has 0 aliphatic rings. The van der Waals surface area contributed by atoms with Gasteiger partial charge in [-0.1, -0.05) is 13.0 Å².